The van der Waals surface area contributed by atoms with Crippen molar-refractivity contribution in [3.8, 4) is 0 Å². The topological polar surface area (TPSA) is 147 Å². The molecule has 4 N–H and O–H groups in total. The van der Waals surface area contributed by atoms with Crippen molar-refractivity contribution in [2.75, 3.05) is 31.1 Å². The highest BCUT2D eigenvalue weighted by Crippen LogP contribution is 2.23. The number of hydrogen-bond acceptors (Lipinski definition) is 7. The molecule has 11 heteroatoms. The first-order chi connectivity index (χ1) is 18.7. The number of benzene rings is 1. The van der Waals surface area contributed by atoms with Crippen LogP contribution in [-0.4, -0.2) is 45.1 Å². The third kappa shape index (κ3) is 8.47. The molecular weight excluding hydrogens is 520 g/mol. The maximum absolute atomic E-state index is 12.6. The standard InChI is InChI=1S/C28H36N4O6S/c1-3-32(4-2)24-12-11-22-18-23(28(34)38-25(22)19-24)10-9-21-13-17-31(20-26(21)39(35,36)37)16-7-5-6-8-27(33)30-15-14-29/h9-13,17-20H,3-8,14-16,29H2,1-2H3,(H-,30,33,35,36,37)/p+1. The molecule has 1 amide bonds. The number of unbranched alkanes of at least 4 members (excludes halogenated alkanes) is 2. The van der Waals surface area contributed by atoms with Gasteiger partial charge in [0.05, 0.1) is 5.56 Å². The molecule has 0 aliphatic heterocycles. The van der Waals surface area contributed by atoms with E-state index in [9.17, 15) is 22.6 Å². The molecule has 39 heavy (non-hydrogen) atoms. The average Bonchev–Trinajstić information content (AvgIpc) is 2.91. The second-order valence-electron chi connectivity index (χ2n) is 9.14. The summed E-state index contributed by atoms with van der Waals surface area (Å²) in [5.74, 6) is -0.0391. The summed E-state index contributed by atoms with van der Waals surface area (Å²) >= 11 is 0. The lowest BCUT2D eigenvalue weighted by molar-refractivity contribution is -0.699. The normalized spacial score (nSPS) is 11.8. The van der Waals surface area contributed by atoms with Gasteiger partial charge in [-0.05, 0) is 51.0 Å². The zero-order valence-corrected chi connectivity index (χ0v) is 23.2. The van der Waals surface area contributed by atoms with Crippen LogP contribution in [0.15, 0.2) is 56.8 Å². The molecule has 0 aliphatic carbocycles. The number of anilines is 1. The van der Waals surface area contributed by atoms with Gasteiger partial charge in [0.1, 0.15) is 12.1 Å². The number of nitrogens with zero attached hydrogens (tertiary/aromatic N) is 2. The van der Waals surface area contributed by atoms with Gasteiger partial charge in [-0.15, -0.1) is 0 Å². The number of rotatable bonds is 14. The molecular formula is C28H37N4O6S+. The highest BCUT2D eigenvalue weighted by atomic mass is 32.2. The molecule has 0 saturated carbocycles. The van der Waals surface area contributed by atoms with Gasteiger partial charge in [-0.1, -0.05) is 6.08 Å². The molecule has 3 aromatic rings. The van der Waals surface area contributed by atoms with Gasteiger partial charge in [-0.3, -0.25) is 9.35 Å². The predicted octanol–water partition coefficient (Wildman–Crippen LogP) is 2.98. The number of fused-ring (bicyclic) bond motifs is 1. The van der Waals surface area contributed by atoms with E-state index in [1.807, 2.05) is 18.2 Å². The number of hydrogen-bond donors (Lipinski definition) is 3. The van der Waals surface area contributed by atoms with Crippen LogP contribution in [0.25, 0.3) is 23.1 Å². The number of pyridine rings is 1. The minimum absolute atomic E-state index is 0.0391. The largest absolute Gasteiger partial charge is 0.422 e. The van der Waals surface area contributed by atoms with Crippen molar-refractivity contribution in [2.24, 2.45) is 5.73 Å². The Morgan fingerprint density at radius 1 is 1.10 bits per heavy atom. The quantitative estimate of drug-likeness (QED) is 0.119. The Kier molecular flexibility index (Phi) is 10.8. The Bertz CT molecular complexity index is 1480. The van der Waals surface area contributed by atoms with Crippen molar-refractivity contribution < 1.29 is 26.7 Å². The fraction of sp³-hybridized carbons (Fsp3) is 0.393. The number of amides is 1. The molecule has 2 heterocycles. The van der Waals surface area contributed by atoms with Crippen LogP contribution in [0, 0.1) is 0 Å². The van der Waals surface area contributed by atoms with E-state index in [4.69, 9.17) is 10.2 Å². The summed E-state index contributed by atoms with van der Waals surface area (Å²) in [6, 6.07) is 8.94. The molecule has 0 unspecified atom stereocenters. The smallest absolute Gasteiger partial charge is 0.343 e. The fourth-order valence-corrected chi connectivity index (χ4v) is 4.97. The van der Waals surface area contributed by atoms with E-state index >= 15 is 0 Å². The van der Waals surface area contributed by atoms with Gasteiger partial charge in [-0.25, -0.2) is 9.36 Å². The minimum Gasteiger partial charge on any atom is -0.422 e. The first-order valence-electron chi connectivity index (χ1n) is 13.1. The molecule has 1 aromatic carbocycles. The van der Waals surface area contributed by atoms with E-state index in [0.29, 0.717) is 38.1 Å². The molecule has 3 rings (SSSR count). The third-order valence-corrected chi connectivity index (χ3v) is 7.29. The minimum atomic E-state index is -4.52. The average molecular weight is 558 g/mol. The number of aryl methyl sites for hydroxylation is 1. The molecule has 0 spiro atoms. The van der Waals surface area contributed by atoms with Crippen LogP contribution in [-0.2, 0) is 21.5 Å². The van der Waals surface area contributed by atoms with Crippen molar-refractivity contribution in [1.82, 2.24) is 5.32 Å². The summed E-state index contributed by atoms with van der Waals surface area (Å²) in [4.78, 5) is 26.2. The monoisotopic (exact) mass is 557 g/mol. The van der Waals surface area contributed by atoms with Crippen molar-refractivity contribution in [3.05, 3.63) is 64.3 Å². The second kappa shape index (κ2) is 14.0. The maximum Gasteiger partial charge on any atom is 0.343 e. The van der Waals surface area contributed by atoms with Gasteiger partial charge in [-0.2, -0.15) is 8.42 Å². The Labute approximate surface area is 228 Å². The van der Waals surface area contributed by atoms with Crippen LogP contribution in [0.3, 0.4) is 0 Å². The van der Waals surface area contributed by atoms with Crippen molar-refractivity contribution >= 4 is 44.8 Å². The zero-order valence-electron chi connectivity index (χ0n) is 22.4. The van der Waals surface area contributed by atoms with Crippen LogP contribution < -0.4 is 26.1 Å². The Morgan fingerprint density at radius 2 is 1.85 bits per heavy atom. The molecule has 0 fully saturated rings. The van der Waals surface area contributed by atoms with Crippen LogP contribution in [0.2, 0.25) is 0 Å². The number of carbonyl (C=O) groups excluding carboxylic acids is 1. The summed E-state index contributed by atoms with van der Waals surface area (Å²) in [5.41, 5.74) is 6.74. The van der Waals surface area contributed by atoms with E-state index in [2.05, 4.69) is 24.1 Å². The van der Waals surface area contributed by atoms with E-state index < -0.39 is 15.7 Å². The van der Waals surface area contributed by atoms with Crippen molar-refractivity contribution in [2.45, 2.75) is 51.0 Å². The predicted molar refractivity (Wildman–Crippen MR) is 152 cm³/mol. The lowest BCUT2D eigenvalue weighted by atomic mass is 10.1. The molecule has 210 valence electrons. The number of aromatic nitrogens is 1. The molecule has 2 aromatic heterocycles. The highest BCUT2D eigenvalue weighted by molar-refractivity contribution is 7.85. The highest BCUT2D eigenvalue weighted by Gasteiger charge is 2.19. The SMILES string of the molecule is CCN(CC)c1ccc2cc(/C=C/c3cc[n+](CCCCCC(=O)NCCN)cc3S(=O)(=O)O)c(=O)oc2c1. The Balaban J connectivity index is 1.74. The molecule has 0 aliphatic rings. The van der Waals surface area contributed by atoms with Gasteiger partial charge in [0.15, 0.2) is 17.3 Å². The van der Waals surface area contributed by atoms with E-state index in [1.165, 1.54) is 18.3 Å². The van der Waals surface area contributed by atoms with E-state index in [0.717, 1.165) is 37.0 Å². The summed E-state index contributed by atoms with van der Waals surface area (Å²) in [5, 5.41) is 3.46. The molecule has 10 nitrogen and oxygen atoms in total. The van der Waals surface area contributed by atoms with Crippen LogP contribution >= 0.6 is 0 Å². The summed E-state index contributed by atoms with van der Waals surface area (Å²) < 4.78 is 41.2. The third-order valence-electron chi connectivity index (χ3n) is 6.40. The van der Waals surface area contributed by atoms with Crippen molar-refractivity contribution in [1.29, 1.82) is 0 Å². The first-order valence-corrected chi connectivity index (χ1v) is 14.6. The maximum atomic E-state index is 12.6. The van der Waals surface area contributed by atoms with E-state index in [-0.39, 0.29) is 21.9 Å². The van der Waals surface area contributed by atoms with Gasteiger partial charge >= 0.3 is 15.7 Å². The molecule has 0 saturated heterocycles. The number of nitrogens with one attached hydrogen (secondary N) is 1. The number of nitrogens with two attached hydrogens (primary N) is 1. The number of carbonyl (C=O) groups is 1. The lowest BCUT2D eigenvalue weighted by Gasteiger charge is -2.20. The summed E-state index contributed by atoms with van der Waals surface area (Å²) in [7, 11) is -4.52. The van der Waals surface area contributed by atoms with Crippen LogP contribution in [0.1, 0.15) is 50.7 Å². The van der Waals surface area contributed by atoms with Gasteiger partial charge in [0.25, 0.3) is 0 Å². The van der Waals surface area contributed by atoms with Crippen molar-refractivity contribution in [3.63, 3.8) is 0 Å². The second-order valence-corrected chi connectivity index (χ2v) is 10.5. The molecule has 0 radical (unpaired) electrons. The summed E-state index contributed by atoms with van der Waals surface area (Å²) in [6.45, 7) is 7.13. The van der Waals surface area contributed by atoms with E-state index in [1.54, 1.807) is 22.9 Å². The van der Waals surface area contributed by atoms with Crippen LogP contribution in [0.5, 0.6) is 0 Å². The Hall–Kier alpha value is -3.54. The van der Waals surface area contributed by atoms with Crippen LogP contribution in [0.4, 0.5) is 5.69 Å². The molecule has 0 atom stereocenters. The fourth-order valence-electron chi connectivity index (χ4n) is 4.27. The van der Waals surface area contributed by atoms with Gasteiger partial charge < -0.3 is 20.4 Å². The zero-order chi connectivity index (χ0) is 28.4. The summed E-state index contributed by atoms with van der Waals surface area (Å²) in [6.07, 6.45) is 8.63. The van der Waals surface area contributed by atoms with Gasteiger partial charge in [0, 0.05) is 67.8 Å². The Morgan fingerprint density at radius 3 is 2.54 bits per heavy atom. The first kappa shape index (κ1) is 30.0. The lowest BCUT2D eigenvalue weighted by Crippen LogP contribution is -2.34. The van der Waals surface area contributed by atoms with Gasteiger partial charge in [0.2, 0.25) is 5.91 Å². The molecule has 0 bridgehead atoms.